The molecule has 0 radical (unpaired) electrons. The van der Waals surface area contributed by atoms with Crippen LogP contribution in [0.4, 0.5) is 0 Å². The van der Waals surface area contributed by atoms with Gasteiger partial charge in [0.15, 0.2) is 0 Å². The summed E-state index contributed by atoms with van der Waals surface area (Å²) in [5, 5.41) is 0. The molecular formula is C28H40. The van der Waals surface area contributed by atoms with Crippen molar-refractivity contribution in [1.29, 1.82) is 0 Å². The van der Waals surface area contributed by atoms with Gasteiger partial charge in [-0.2, -0.15) is 0 Å². The van der Waals surface area contributed by atoms with E-state index in [9.17, 15) is 0 Å². The van der Waals surface area contributed by atoms with Gasteiger partial charge in [0.05, 0.1) is 0 Å². The molecular weight excluding hydrogens is 336 g/mol. The maximum Gasteiger partial charge on any atom is -0.0132 e. The Kier molecular flexibility index (Phi) is 6.37. The van der Waals surface area contributed by atoms with Gasteiger partial charge in [-0.25, -0.2) is 0 Å². The molecule has 0 aliphatic heterocycles. The number of rotatable bonds is 0. The summed E-state index contributed by atoms with van der Waals surface area (Å²) in [4.78, 5) is 0. The van der Waals surface area contributed by atoms with E-state index in [1.54, 1.807) is 22.3 Å². The summed E-state index contributed by atoms with van der Waals surface area (Å²) in [6.45, 7) is 14.0. The molecule has 2 aliphatic rings. The third-order valence-electron chi connectivity index (χ3n) is 6.79. The first-order valence-electron chi connectivity index (χ1n) is 11.3. The number of benzene rings is 2. The van der Waals surface area contributed by atoms with Crippen LogP contribution in [0, 0.1) is 11.3 Å². The number of aryl methyl sites for hydroxylation is 3. The Bertz CT molecular complexity index is 782. The van der Waals surface area contributed by atoms with E-state index in [-0.39, 0.29) is 0 Å². The molecule has 0 fully saturated rings. The van der Waals surface area contributed by atoms with Gasteiger partial charge in [-0.1, -0.05) is 84.0 Å². The van der Waals surface area contributed by atoms with Crippen LogP contribution in [-0.4, -0.2) is 0 Å². The normalized spacial score (nSPS) is 19.1. The van der Waals surface area contributed by atoms with Gasteiger partial charge in [0.2, 0.25) is 0 Å². The number of hydrogen-bond donors (Lipinski definition) is 0. The summed E-state index contributed by atoms with van der Waals surface area (Å²) >= 11 is 0. The second-order valence-corrected chi connectivity index (χ2v) is 11.0. The van der Waals surface area contributed by atoms with E-state index in [1.807, 2.05) is 0 Å². The fourth-order valence-electron chi connectivity index (χ4n) is 4.64. The quantitative estimate of drug-likeness (QED) is 0.442. The van der Waals surface area contributed by atoms with Crippen molar-refractivity contribution in [3.8, 4) is 0 Å². The minimum atomic E-state index is 0.298. The molecule has 0 saturated carbocycles. The zero-order valence-corrected chi connectivity index (χ0v) is 19.1. The molecule has 0 amide bonds. The largest absolute Gasteiger partial charge is 0.0620 e. The van der Waals surface area contributed by atoms with E-state index in [0.717, 1.165) is 5.92 Å². The topological polar surface area (TPSA) is 0 Å². The Morgan fingerprint density at radius 3 is 1.93 bits per heavy atom. The SMILES string of the molecule is CC(C)(C)C1CCc2ccccc2C1.CC(C)(C)c1ccc2c(c1)CCCC2. The van der Waals surface area contributed by atoms with Crippen LogP contribution in [0.15, 0.2) is 42.5 Å². The molecule has 0 N–H and O–H groups in total. The van der Waals surface area contributed by atoms with Gasteiger partial charge in [0.25, 0.3) is 0 Å². The zero-order chi connectivity index (χ0) is 20.4. The molecule has 0 heteroatoms. The lowest BCUT2D eigenvalue weighted by Crippen LogP contribution is -2.26. The van der Waals surface area contributed by atoms with Gasteiger partial charge >= 0.3 is 0 Å². The smallest absolute Gasteiger partial charge is 0.0132 e. The van der Waals surface area contributed by atoms with Gasteiger partial charge in [-0.3, -0.25) is 0 Å². The summed E-state index contributed by atoms with van der Waals surface area (Å²) in [7, 11) is 0. The van der Waals surface area contributed by atoms with Gasteiger partial charge < -0.3 is 0 Å². The molecule has 0 nitrogen and oxygen atoms in total. The highest BCUT2D eigenvalue weighted by molar-refractivity contribution is 5.36. The minimum absolute atomic E-state index is 0.298. The Morgan fingerprint density at radius 1 is 0.679 bits per heavy atom. The third kappa shape index (κ3) is 5.28. The molecule has 4 rings (SSSR count). The molecule has 2 aromatic rings. The summed E-state index contributed by atoms with van der Waals surface area (Å²) in [5.74, 6) is 0.859. The molecule has 2 aromatic carbocycles. The molecule has 0 heterocycles. The Morgan fingerprint density at radius 2 is 1.29 bits per heavy atom. The molecule has 1 atom stereocenters. The predicted molar refractivity (Wildman–Crippen MR) is 123 cm³/mol. The predicted octanol–water partition coefficient (Wildman–Crippen LogP) is 7.70. The standard InChI is InChI=1S/2C14H20/c2*1-14(2,3)13-9-8-11-6-4-5-7-12(11)10-13/h8-10H,4-7H2,1-3H3;4-7,13H,8-10H2,1-3H3. The van der Waals surface area contributed by atoms with E-state index in [1.165, 1.54) is 50.5 Å². The first-order valence-corrected chi connectivity index (χ1v) is 11.3. The summed E-state index contributed by atoms with van der Waals surface area (Å²) in [5.41, 5.74) is 8.60. The average Bonchev–Trinajstić information content (AvgIpc) is 2.66. The van der Waals surface area contributed by atoms with Crippen LogP contribution in [0.5, 0.6) is 0 Å². The molecule has 0 spiro atoms. The van der Waals surface area contributed by atoms with Crippen LogP contribution < -0.4 is 0 Å². The monoisotopic (exact) mass is 376 g/mol. The molecule has 28 heavy (non-hydrogen) atoms. The molecule has 0 bridgehead atoms. The van der Waals surface area contributed by atoms with E-state index in [4.69, 9.17) is 0 Å². The van der Waals surface area contributed by atoms with Crippen molar-refractivity contribution in [3.05, 3.63) is 70.3 Å². The highest BCUT2D eigenvalue weighted by atomic mass is 14.3. The van der Waals surface area contributed by atoms with E-state index < -0.39 is 0 Å². The highest BCUT2D eigenvalue weighted by Crippen LogP contribution is 2.37. The number of hydrogen-bond acceptors (Lipinski definition) is 0. The van der Waals surface area contributed by atoms with Gasteiger partial charge in [0, 0.05) is 0 Å². The molecule has 2 aliphatic carbocycles. The maximum atomic E-state index is 2.43. The van der Waals surface area contributed by atoms with Crippen molar-refractivity contribution >= 4 is 0 Å². The molecule has 152 valence electrons. The van der Waals surface area contributed by atoms with Crippen LogP contribution >= 0.6 is 0 Å². The van der Waals surface area contributed by atoms with Gasteiger partial charge in [-0.05, 0) is 89.5 Å². The van der Waals surface area contributed by atoms with Crippen molar-refractivity contribution in [3.63, 3.8) is 0 Å². The minimum Gasteiger partial charge on any atom is -0.0620 e. The van der Waals surface area contributed by atoms with E-state index >= 15 is 0 Å². The van der Waals surface area contributed by atoms with Crippen molar-refractivity contribution in [2.24, 2.45) is 11.3 Å². The fraction of sp³-hybridized carbons (Fsp3) is 0.571. The fourth-order valence-corrected chi connectivity index (χ4v) is 4.64. The van der Waals surface area contributed by atoms with Crippen molar-refractivity contribution < 1.29 is 0 Å². The van der Waals surface area contributed by atoms with Crippen LogP contribution in [0.3, 0.4) is 0 Å². The van der Waals surface area contributed by atoms with Gasteiger partial charge in [0.1, 0.15) is 0 Å². The first-order chi connectivity index (χ1) is 13.1. The second-order valence-electron chi connectivity index (χ2n) is 11.0. The lowest BCUT2D eigenvalue weighted by molar-refractivity contribution is 0.216. The van der Waals surface area contributed by atoms with Crippen LogP contribution in [0.1, 0.15) is 88.6 Å². The Hall–Kier alpha value is -1.56. The first kappa shape index (κ1) is 21.2. The zero-order valence-electron chi connectivity index (χ0n) is 19.1. The van der Waals surface area contributed by atoms with Crippen molar-refractivity contribution in [2.45, 2.75) is 91.9 Å². The van der Waals surface area contributed by atoms with Crippen molar-refractivity contribution in [2.75, 3.05) is 0 Å². The Labute approximate surface area is 173 Å². The van der Waals surface area contributed by atoms with Crippen molar-refractivity contribution in [1.82, 2.24) is 0 Å². The summed E-state index contributed by atoms with van der Waals surface area (Å²) in [6.07, 6.45) is 9.25. The maximum absolute atomic E-state index is 2.43. The molecule has 0 saturated heterocycles. The van der Waals surface area contributed by atoms with E-state index in [2.05, 4.69) is 84.0 Å². The summed E-state index contributed by atoms with van der Waals surface area (Å²) < 4.78 is 0. The highest BCUT2D eigenvalue weighted by Gasteiger charge is 2.28. The Balaban J connectivity index is 0.000000161. The lowest BCUT2D eigenvalue weighted by atomic mass is 9.71. The molecule has 1 unspecified atom stereocenters. The number of fused-ring (bicyclic) bond motifs is 2. The second kappa shape index (κ2) is 8.44. The van der Waals surface area contributed by atoms with Crippen LogP contribution in [0.2, 0.25) is 0 Å². The summed E-state index contributed by atoms with van der Waals surface area (Å²) in [6, 6.07) is 16.0. The van der Waals surface area contributed by atoms with Crippen LogP contribution in [-0.2, 0) is 31.1 Å². The van der Waals surface area contributed by atoms with E-state index in [0.29, 0.717) is 10.8 Å². The van der Waals surface area contributed by atoms with Gasteiger partial charge in [-0.15, -0.1) is 0 Å². The van der Waals surface area contributed by atoms with Crippen LogP contribution in [0.25, 0.3) is 0 Å². The lowest BCUT2D eigenvalue weighted by Gasteiger charge is -2.34. The molecule has 0 aromatic heterocycles. The third-order valence-corrected chi connectivity index (χ3v) is 6.79. The average molecular weight is 377 g/mol.